The maximum absolute atomic E-state index is 12.7. The van der Waals surface area contributed by atoms with Crippen molar-refractivity contribution < 1.29 is 23.0 Å². The number of nitrogens with zero attached hydrogens (tertiary/aromatic N) is 1. The van der Waals surface area contributed by atoms with Crippen molar-refractivity contribution >= 4 is 24.0 Å². The van der Waals surface area contributed by atoms with Crippen LogP contribution in [0.15, 0.2) is 18.2 Å². The minimum Gasteiger partial charge on any atom is -0.435 e. The van der Waals surface area contributed by atoms with Gasteiger partial charge in [0, 0.05) is 18.8 Å². The molecule has 2 aliphatic heterocycles. The normalized spacial score (nSPS) is 22.9. The van der Waals surface area contributed by atoms with Gasteiger partial charge in [0.2, 0.25) is 0 Å². The molecular weight excluding hydrogens is 342 g/mol. The first kappa shape index (κ1) is 18.9. The summed E-state index contributed by atoms with van der Waals surface area (Å²) in [6.45, 7) is -1.84. The fourth-order valence-electron chi connectivity index (χ4n) is 3.21. The Morgan fingerprint density at radius 1 is 1.42 bits per heavy atom. The second kappa shape index (κ2) is 8.09. The fourth-order valence-corrected chi connectivity index (χ4v) is 3.21. The molecule has 134 valence electrons. The predicted molar refractivity (Wildman–Crippen MR) is 87.9 cm³/mol. The molecule has 5 nitrogen and oxygen atoms in total. The number of fused-ring (bicyclic) bond motifs is 1. The van der Waals surface area contributed by atoms with Crippen LogP contribution in [0.25, 0.3) is 0 Å². The number of hydrogen-bond acceptors (Lipinski definition) is 4. The zero-order chi connectivity index (χ0) is 16.4. The van der Waals surface area contributed by atoms with Crippen molar-refractivity contribution in [3.05, 3.63) is 23.8 Å². The van der Waals surface area contributed by atoms with Gasteiger partial charge in [0.05, 0.1) is 6.10 Å². The highest BCUT2D eigenvalue weighted by molar-refractivity contribution is 5.97. The van der Waals surface area contributed by atoms with Gasteiger partial charge >= 0.3 is 6.61 Å². The summed E-state index contributed by atoms with van der Waals surface area (Å²) in [4.78, 5) is 14.4. The number of hydrogen-bond donors (Lipinski definition) is 1. The number of nitrogens with two attached hydrogens (primary N) is 1. The van der Waals surface area contributed by atoms with Crippen molar-refractivity contribution in [2.24, 2.45) is 5.73 Å². The number of halogens is 3. The SMILES string of the molecule is Cl.NC[C@H]1CC[C@@H](C(=O)N2CCCc3cc(OC(F)F)ccc32)O1. The first-order chi connectivity index (χ1) is 11.1. The average molecular weight is 363 g/mol. The molecule has 0 spiro atoms. The Morgan fingerprint density at radius 2 is 2.21 bits per heavy atom. The van der Waals surface area contributed by atoms with E-state index in [-0.39, 0.29) is 30.2 Å². The highest BCUT2D eigenvalue weighted by atomic mass is 35.5. The van der Waals surface area contributed by atoms with Crippen LogP contribution >= 0.6 is 12.4 Å². The van der Waals surface area contributed by atoms with Crippen molar-refractivity contribution in [3.63, 3.8) is 0 Å². The molecule has 24 heavy (non-hydrogen) atoms. The lowest BCUT2D eigenvalue weighted by atomic mass is 10.0. The van der Waals surface area contributed by atoms with Crippen LogP contribution in [0.2, 0.25) is 0 Å². The smallest absolute Gasteiger partial charge is 0.387 e. The van der Waals surface area contributed by atoms with Gasteiger partial charge in [-0.1, -0.05) is 0 Å². The Bertz CT molecular complexity index is 588. The van der Waals surface area contributed by atoms with Gasteiger partial charge in [0.1, 0.15) is 11.9 Å². The highest BCUT2D eigenvalue weighted by Crippen LogP contribution is 2.33. The fraction of sp³-hybridized carbons (Fsp3) is 0.562. The number of ether oxygens (including phenoxy) is 2. The molecule has 0 unspecified atom stereocenters. The number of aryl methyl sites for hydroxylation is 1. The summed E-state index contributed by atoms with van der Waals surface area (Å²) < 4.78 is 34.7. The van der Waals surface area contributed by atoms with Gasteiger partial charge in [0.15, 0.2) is 0 Å². The summed E-state index contributed by atoms with van der Waals surface area (Å²) in [7, 11) is 0. The Morgan fingerprint density at radius 3 is 2.88 bits per heavy atom. The maximum Gasteiger partial charge on any atom is 0.387 e. The molecule has 0 aliphatic carbocycles. The van der Waals surface area contributed by atoms with E-state index in [4.69, 9.17) is 10.5 Å². The topological polar surface area (TPSA) is 64.8 Å². The number of benzene rings is 1. The third kappa shape index (κ3) is 3.96. The zero-order valence-electron chi connectivity index (χ0n) is 13.1. The summed E-state index contributed by atoms with van der Waals surface area (Å²) in [5.74, 6) is 0.0396. The lowest BCUT2D eigenvalue weighted by Crippen LogP contribution is -2.42. The van der Waals surface area contributed by atoms with Crippen LogP contribution in [-0.2, 0) is 16.0 Å². The monoisotopic (exact) mass is 362 g/mol. The van der Waals surface area contributed by atoms with Crippen LogP contribution in [0.1, 0.15) is 24.8 Å². The average Bonchev–Trinajstić information content (AvgIpc) is 3.02. The lowest BCUT2D eigenvalue weighted by Gasteiger charge is -2.31. The summed E-state index contributed by atoms with van der Waals surface area (Å²) in [5, 5.41) is 0. The van der Waals surface area contributed by atoms with E-state index in [0.717, 1.165) is 30.5 Å². The number of rotatable bonds is 4. The number of amides is 1. The molecule has 8 heteroatoms. The number of anilines is 1. The van der Waals surface area contributed by atoms with Crippen LogP contribution < -0.4 is 15.4 Å². The Kier molecular flexibility index (Phi) is 6.37. The second-order valence-corrected chi connectivity index (χ2v) is 5.82. The number of carbonyl (C=O) groups is 1. The van der Waals surface area contributed by atoms with Gasteiger partial charge in [-0.3, -0.25) is 4.79 Å². The Labute approximate surface area is 145 Å². The molecule has 0 saturated carbocycles. The van der Waals surface area contributed by atoms with Gasteiger partial charge in [-0.25, -0.2) is 0 Å². The summed E-state index contributed by atoms with van der Waals surface area (Å²) in [5.41, 5.74) is 7.18. The molecule has 0 aromatic heterocycles. The van der Waals surface area contributed by atoms with Crippen LogP contribution in [-0.4, -0.2) is 37.8 Å². The quantitative estimate of drug-likeness (QED) is 0.893. The Balaban J connectivity index is 0.00000208. The third-order valence-corrected chi connectivity index (χ3v) is 4.31. The van der Waals surface area contributed by atoms with Crippen molar-refractivity contribution in [2.45, 2.75) is 44.5 Å². The molecule has 2 heterocycles. The first-order valence-corrected chi connectivity index (χ1v) is 7.83. The van der Waals surface area contributed by atoms with Crippen molar-refractivity contribution in [2.75, 3.05) is 18.0 Å². The highest BCUT2D eigenvalue weighted by Gasteiger charge is 2.35. The molecule has 1 amide bonds. The van der Waals surface area contributed by atoms with Gasteiger partial charge in [0.25, 0.3) is 5.91 Å². The summed E-state index contributed by atoms with van der Waals surface area (Å²) in [6.07, 6.45) is 2.44. The van der Waals surface area contributed by atoms with Crippen molar-refractivity contribution in [3.8, 4) is 5.75 Å². The van der Waals surface area contributed by atoms with E-state index in [1.165, 1.54) is 6.07 Å². The maximum atomic E-state index is 12.7. The lowest BCUT2D eigenvalue weighted by molar-refractivity contribution is -0.129. The molecule has 0 radical (unpaired) electrons. The standard InChI is InChI=1S/C16H20F2N2O3.ClH/c17-16(18)23-11-3-5-13-10(8-11)2-1-7-20(13)15(21)14-6-4-12(9-19)22-14;/h3,5,8,12,14,16H,1-2,4,6-7,9,19H2;1H/t12-,14+;/m1./s1. The number of alkyl halides is 2. The minimum atomic E-state index is -2.85. The van der Waals surface area contributed by atoms with E-state index < -0.39 is 12.7 Å². The number of carbonyl (C=O) groups excluding carboxylic acids is 1. The molecule has 1 saturated heterocycles. The molecule has 0 bridgehead atoms. The van der Waals surface area contributed by atoms with Crippen molar-refractivity contribution in [1.82, 2.24) is 0 Å². The second-order valence-electron chi connectivity index (χ2n) is 5.82. The predicted octanol–water partition coefficient (Wildman–Crippen LogP) is 2.50. The molecule has 2 N–H and O–H groups in total. The van der Waals surface area contributed by atoms with Gasteiger partial charge in [-0.15, -0.1) is 12.4 Å². The molecule has 1 aromatic carbocycles. The zero-order valence-corrected chi connectivity index (χ0v) is 13.9. The van der Waals surface area contributed by atoms with E-state index in [1.807, 2.05) is 0 Å². The summed E-state index contributed by atoms with van der Waals surface area (Å²) in [6, 6.07) is 4.72. The molecule has 2 atom stereocenters. The molecule has 1 fully saturated rings. The van der Waals surface area contributed by atoms with Crippen LogP contribution in [0, 0.1) is 0 Å². The minimum absolute atomic E-state index is 0. The van der Waals surface area contributed by atoms with Gasteiger partial charge in [-0.2, -0.15) is 8.78 Å². The molecular formula is C16H21ClF2N2O3. The third-order valence-electron chi connectivity index (χ3n) is 4.31. The largest absolute Gasteiger partial charge is 0.435 e. The van der Waals surface area contributed by atoms with E-state index in [9.17, 15) is 13.6 Å². The molecule has 2 aliphatic rings. The van der Waals surface area contributed by atoms with Gasteiger partial charge < -0.3 is 20.1 Å². The van der Waals surface area contributed by atoms with Gasteiger partial charge in [-0.05, 0) is 49.4 Å². The van der Waals surface area contributed by atoms with E-state index in [0.29, 0.717) is 19.5 Å². The van der Waals surface area contributed by atoms with Crippen LogP contribution in [0.5, 0.6) is 5.75 Å². The van der Waals surface area contributed by atoms with Crippen molar-refractivity contribution in [1.29, 1.82) is 0 Å². The first-order valence-electron chi connectivity index (χ1n) is 7.83. The van der Waals surface area contributed by atoms with E-state index >= 15 is 0 Å². The van der Waals surface area contributed by atoms with Crippen LogP contribution in [0.4, 0.5) is 14.5 Å². The van der Waals surface area contributed by atoms with E-state index in [1.54, 1.807) is 17.0 Å². The Hall–Kier alpha value is -1.44. The molecule has 1 aromatic rings. The summed E-state index contributed by atoms with van der Waals surface area (Å²) >= 11 is 0. The van der Waals surface area contributed by atoms with Crippen LogP contribution in [0.3, 0.4) is 0 Å². The molecule has 3 rings (SSSR count). The van der Waals surface area contributed by atoms with E-state index in [2.05, 4.69) is 4.74 Å².